The third-order valence-electron chi connectivity index (χ3n) is 1.25. The van der Waals surface area contributed by atoms with Crippen LogP contribution in [0.2, 0.25) is 0 Å². The minimum absolute atomic E-state index is 0.498. The molecule has 0 saturated carbocycles. The van der Waals surface area contributed by atoms with Gasteiger partial charge in [-0.2, -0.15) is 8.78 Å². The Kier molecular flexibility index (Phi) is 2.60. The van der Waals surface area contributed by atoms with Gasteiger partial charge in [0.2, 0.25) is 0 Å². The second-order valence-corrected chi connectivity index (χ2v) is 2.19. The van der Waals surface area contributed by atoms with Gasteiger partial charge < -0.3 is 10.5 Å². The van der Waals surface area contributed by atoms with E-state index in [1.807, 2.05) is 0 Å². The Hall–Kier alpha value is -1.46. The first-order valence-electron chi connectivity index (χ1n) is 3.20. The van der Waals surface area contributed by atoms with Crippen LogP contribution in [-0.2, 0) is 0 Å². The van der Waals surface area contributed by atoms with E-state index in [2.05, 4.69) is 4.74 Å². The second-order valence-electron chi connectivity index (χ2n) is 2.19. The molecule has 0 amide bonds. The molecule has 72 valence electrons. The van der Waals surface area contributed by atoms with Crippen molar-refractivity contribution in [3.63, 3.8) is 0 Å². The molecule has 6 heteroatoms. The van der Waals surface area contributed by atoms with Crippen LogP contribution in [0.25, 0.3) is 0 Å². The molecule has 1 aromatic rings. The average Bonchev–Trinajstić information content (AvgIpc) is 1.98. The lowest BCUT2D eigenvalue weighted by molar-refractivity contribution is -0.0522. The number of nitrogens with two attached hydrogens (primary N) is 1. The topological polar surface area (TPSA) is 35.2 Å². The Morgan fingerprint density at radius 3 is 2.38 bits per heavy atom. The molecule has 0 fully saturated rings. The smallest absolute Gasteiger partial charge is 0.387 e. The summed E-state index contributed by atoms with van der Waals surface area (Å²) in [6.45, 7) is -3.21. The molecule has 0 unspecified atom stereocenters. The third kappa shape index (κ3) is 2.24. The summed E-state index contributed by atoms with van der Waals surface area (Å²) in [5, 5.41) is 0. The fourth-order valence-electron chi connectivity index (χ4n) is 0.766. The molecule has 0 aliphatic carbocycles. The highest BCUT2D eigenvalue weighted by molar-refractivity contribution is 5.46. The molecule has 2 nitrogen and oxygen atoms in total. The van der Waals surface area contributed by atoms with Crippen LogP contribution in [0.5, 0.6) is 5.75 Å². The highest BCUT2D eigenvalue weighted by Gasteiger charge is 2.13. The summed E-state index contributed by atoms with van der Waals surface area (Å²) in [5.74, 6) is -3.02. The number of nitrogen functional groups attached to an aromatic ring is 1. The predicted octanol–water partition coefficient (Wildman–Crippen LogP) is 2.15. The normalized spacial score (nSPS) is 10.5. The Labute approximate surface area is 70.9 Å². The van der Waals surface area contributed by atoms with Crippen LogP contribution in [0.1, 0.15) is 0 Å². The number of hydrogen-bond donors (Lipinski definition) is 1. The van der Waals surface area contributed by atoms with E-state index in [0.29, 0.717) is 12.1 Å². The summed E-state index contributed by atoms with van der Waals surface area (Å²) in [7, 11) is 0. The van der Waals surface area contributed by atoms with E-state index < -0.39 is 29.7 Å². The molecule has 0 radical (unpaired) electrons. The zero-order valence-electron chi connectivity index (χ0n) is 6.23. The van der Waals surface area contributed by atoms with E-state index in [4.69, 9.17) is 5.73 Å². The van der Waals surface area contributed by atoms with E-state index in [9.17, 15) is 17.6 Å². The van der Waals surface area contributed by atoms with Crippen molar-refractivity contribution in [2.45, 2.75) is 6.61 Å². The van der Waals surface area contributed by atoms with Gasteiger partial charge >= 0.3 is 6.61 Å². The Balaban J connectivity index is 3.05. The Morgan fingerprint density at radius 1 is 1.23 bits per heavy atom. The van der Waals surface area contributed by atoms with Gasteiger partial charge in [0.25, 0.3) is 0 Å². The molecule has 0 aliphatic heterocycles. The molecule has 1 rings (SSSR count). The summed E-state index contributed by atoms with van der Waals surface area (Å²) in [5.41, 5.74) is 4.38. The predicted molar refractivity (Wildman–Crippen MR) is 37.4 cm³/mol. The van der Waals surface area contributed by atoms with Crippen molar-refractivity contribution in [2.24, 2.45) is 0 Å². The summed E-state index contributed by atoms with van der Waals surface area (Å²) in [6, 6.07) is 1.17. The fraction of sp³-hybridized carbons (Fsp3) is 0.143. The van der Waals surface area contributed by atoms with Gasteiger partial charge in [-0.1, -0.05) is 0 Å². The first-order chi connectivity index (χ1) is 6.00. The highest BCUT2D eigenvalue weighted by Crippen LogP contribution is 2.25. The maximum atomic E-state index is 12.8. The van der Waals surface area contributed by atoms with Gasteiger partial charge in [0.1, 0.15) is 5.82 Å². The van der Waals surface area contributed by atoms with E-state index >= 15 is 0 Å². The maximum absolute atomic E-state index is 12.8. The van der Waals surface area contributed by atoms with Crippen molar-refractivity contribution in [3.05, 3.63) is 23.8 Å². The van der Waals surface area contributed by atoms with Crippen LogP contribution in [0, 0.1) is 11.6 Å². The third-order valence-corrected chi connectivity index (χ3v) is 1.25. The number of ether oxygens (including phenoxy) is 1. The first-order valence-corrected chi connectivity index (χ1v) is 3.20. The Bertz CT molecular complexity index is 316. The van der Waals surface area contributed by atoms with Crippen LogP contribution in [0.15, 0.2) is 12.1 Å². The summed E-state index contributed by atoms with van der Waals surface area (Å²) >= 11 is 0. The fourth-order valence-corrected chi connectivity index (χ4v) is 0.766. The first kappa shape index (κ1) is 9.63. The van der Waals surface area contributed by atoms with Crippen molar-refractivity contribution in [1.82, 2.24) is 0 Å². The van der Waals surface area contributed by atoms with Crippen molar-refractivity contribution >= 4 is 5.69 Å². The van der Waals surface area contributed by atoms with Gasteiger partial charge in [-0.3, -0.25) is 0 Å². The zero-order valence-corrected chi connectivity index (χ0v) is 6.23. The second kappa shape index (κ2) is 3.51. The molecule has 13 heavy (non-hydrogen) atoms. The van der Waals surface area contributed by atoms with Crippen molar-refractivity contribution in [1.29, 1.82) is 0 Å². The molecule has 0 saturated heterocycles. The lowest BCUT2D eigenvalue weighted by Gasteiger charge is -2.06. The molecule has 0 atom stereocenters. The van der Waals surface area contributed by atoms with Crippen molar-refractivity contribution in [3.8, 4) is 5.75 Å². The molecule has 0 bridgehead atoms. The van der Waals surface area contributed by atoms with Gasteiger partial charge in [-0.05, 0) is 0 Å². The van der Waals surface area contributed by atoms with Crippen LogP contribution in [-0.4, -0.2) is 6.61 Å². The Morgan fingerprint density at radius 2 is 1.85 bits per heavy atom. The van der Waals surface area contributed by atoms with Gasteiger partial charge in [0, 0.05) is 12.1 Å². The molecule has 0 aliphatic rings. The molecule has 0 aromatic heterocycles. The monoisotopic (exact) mass is 195 g/mol. The number of rotatable bonds is 2. The van der Waals surface area contributed by atoms with Gasteiger partial charge in [0.05, 0.1) is 5.69 Å². The van der Waals surface area contributed by atoms with Gasteiger partial charge in [-0.15, -0.1) is 0 Å². The minimum Gasteiger partial charge on any atom is -0.431 e. The number of anilines is 1. The van der Waals surface area contributed by atoms with E-state index in [-0.39, 0.29) is 0 Å². The van der Waals surface area contributed by atoms with Gasteiger partial charge in [-0.25, -0.2) is 8.78 Å². The quantitative estimate of drug-likeness (QED) is 0.579. The van der Waals surface area contributed by atoms with Gasteiger partial charge in [0.15, 0.2) is 11.6 Å². The van der Waals surface area contributed by atoms with E-state index in [1.165, 1.54) is 0 Å². The average molecular weight is 195 g/mol. The SMILES string of the molecule is Nc1cc(F)cc(OC(F)F)c1F. The maximum Gasteiger partial charge on any atom is 0.387 e. The minimum atomic E-state index is -3.21. The lowest BCUT2D eigenvalue weighted by Crippen LogP contribution is -2.05. The number of benzene rings is 1. The summed E-state index contributed by atoms with van der Waals surface area (Å²) in [6.07, 6.45) is 0. The molecular weight excluding hydrogens is 190 g/mol. The van der Waals surface area contributed by atoms with E-state index in [0.717, 1.165) is 0 Å². The summed E-state index contributed by atoms with van der Waals surface area (Å²) in [4.78, 5) is 0. The molecule has 0 spiro atoms. The lowest BCUT2D eigenvalue weighted by atomic mass is 10.3. The standard InChI is InChI=1S/C7H5F4NO/c8-3-1-4(12)6(9)5(2-3)13-7(10)11/h1-2,7H,12H2. The van der Waals surface area contributed by atoms with Crippen LogP contribution in [0.4, 0.5) is 23.2 Å². The molecule has 1 aromatic carbocycles. The molecule has 0 heterocycles. The van der Waals surface area contributed by atoms with Crippen LogP contribution >= 0.6 is 0 Å². The van der Waals surface area contributed by atoms with Crippen molar-refractivity contribution < 1.29 is 22.3 Å². The van der Waals surface area contributed by atoms with Crippen molar-refractivity contribution in [2.75, 3.05) is 5.73 Å². The summed E-state index contributed by atoms with van der Waals surface area (Å²) < 4.78 is 52.2. The number of alkyl halides is 2. The zero-order chi connectivity index (χ0) is 10.0. The highest BCUT2D eigenvalue weighted by atomic mass is 19.3. The molecular formula is C7H5F4NO. The number of halogens is 4. The largest absolute Gasteiger partial charge is 0.431 e. The van der Waals surface area contributed by atoms with Crippen LogP contribution < -0.4 is 10.5 Å². The molecule has 2 N–H and O–H groups in total. The van der Waals surface area contributed by atoms with E-state index in [1.54, 1.807) is 0 Å². The van der Waals surface area contributed by atoms with Crippen LogP contribution in [0.3, 0.4) is 0 Å². The number of hydrogen-bond acceptors (Lipinski definition) is 2.